The van der Waals surface area contributed by atoms with Crippen molar-refractivity contribution in [1.82, 2.24) is 5.32 Å². The standard InChI is InChI=1S/C14H21F2N/c1-2-11-17-13(14(15)16)10-6-9-12-7-4-3-5-8-12/h3-5,7-8,13-14,17H,2,6,9-11H2,1H3. The van der Waals surface area contributed by atoms with E-state index in [0.717, 1.165) is 19.3 Å². The van der Waals surface area contributed by atoms with Gasteiger partial charge >= 0.3 is 0 Å². The molecule has 0 amide bonds. The lowest BCUT2D eigenvalue weighted by Gasteiger charge is -2.17. The zero-order valence-corrected chi connectivity index (χ0v) is 10.3. The molecule has 0 aliphatic rings. The average Bonchev–Trinajstić information content (AvgIpc) is 2.34. The van der Waals surface area contributed by atoms with Gasteiger partial charge in [-0.3, -0.25) is 0 Å². The lowest BCUT2D eigenvalue weighted by Crippen LogP contribution is -2.36. The number of nitrogens with one attached hydrogen (secondary N) is 1. The van der Waals surface area contributed by atoms with Gasteiger partial charge in [-0.15, -0.1) is 0 Å². The van der Waals surface area contributed by atoms with Gasteiger partial charge in [0.25, 0.3) is 6.43 Å². The highest BCUT2D eigenvalue weighted by Crippen LogP contribution is 2.11. The van der Waals surface area contributed by atoms with E-state index in [1.165, 1.54) is 5.56 Å². The van der Waals surface area contributed by atoms with Crippen molar-refractivity contribution in [2.45, 2.75) is 45.1 Å². The Labute approximate surface area is 102 Å². The minimum absolute atomic E-state index is 0.534. The Morgan fingerprint density at radius 1 is 1.18 bits per heavy atom. The van der Waals surface area contributed by atoms with Crippen LogP contribution in [0.25, 0.3) is 0 Å². The second-order valence-electron chi connectivity index (χ2n) is 4.27. The third-order valence-corrected chi connectivity index (χ3v) is 2.78. The maximum Gasteiger partial charge on any atom is 0.253 e. The zero-order chi connectivity index (χ0) is 12.5. The number of halogens is 2. The fourth-order valence-corrected chi connectivity index (χ4v) is 1.82. The Kier molecular flexibility index (Phi) is 6.78. The van der Waals surface area contributed by atoms with E-state index in [1.807, 2.05) is 37.3 Å². The molecule has 0 bridgehead atoms. The molecule has 3 heteroatoms. The van der Waals surface area contributed by atoms with Crippen LogP contribution < -0.4 is 5.32 Å². The van der Waals surface area contributed by atoms with E-state index >= 15 is 0 Å². The van der Waals surface area contributed by atoms with Crippen LogP contribution in [0.5, 0.6) is 0 Å². The quantitative estimate of drug-likeness (QED) is 0.732. The van der Waals surface area contributed by atoms with Gasteiger partial charge in [0.15, 0.2) is 0 Å². The van der Waals surface area contributed by atoms with Gasteiger partial charge in [0.2, 0.25) is 0 Å². The number of benzene rings is 1. The highest BCUT2D eigenvalue weighted by molar-refractivity contribution is 5.14. The van der Waals surface area contributed by atoms with E-state index in [4.69, 9.17) is 0 Å². The highest BCUT2D eigenvalue weighted by atomic mass is 19.3. The first-order chi connectivity index (χ1) is 8.24. The molecular weight excluding hydrogens is 220 g/mol. The minimum Gasteiger partial charge on any atom is -0.309 e. The topological polar surface area (TPSA) is 12.0 Å². The van der Waals surface area contributed by atoms with Crippen LogP contribution in [0.4, 0.5) is 8.78 Å². The van der Waals surface area contributed by atoms with Crippen molar-refractivity contribution in [2.24, 2.45) is 0 Å². The molecular formula is C14H21F2N. The molecule has 17 heavy (non-hydrogen) atoms. The summed E-state index contributed by atoms with van der Waals surface area (Å²) >= 11 is 0. The van der Waals surface area contributed by atoms with Crippen molar-refractivity contribution in [3.8, 4) is 0 Å². The van der Waals surface area contributed by atoms with Crippen LogP contribution in [0.15, 0.2) is 30.3 Å². The molecule has 1 rings (SSSR count). The van der Waals surface area contributed by atoms with Crippen molar-refractivity contribution in [2.75, 3.05) is 6.54 Å². The summed E-state index contributed by atoms with van der Waals surface area (Å²) in [6, 6.07) is 9.35. The summed E-state index contributed by atoms with van der Waals surface area (Å²) in [5.41, 5.74) is 1.22. The van der Waals surface area contributed by atoms with Crippen molar-refractivity contribution in [3.63, 3.8) is 0 Å². The van der Waals surface area contributed by atoms with Crippen molar-refractivity contribution in [1.29, 1.82) is 0 Å². The second-order valence-corrected chi connectivity index (χ2v) is 4.27. The summed E-state index contributed by atoms with van der Waals surface area (Å²) in [6.45, 7) is 2.65. The number of hydrogen-bond donors (Lipinski definition) is 1. The fourth-order valence-electron chi connectivity index (χ4n) is 1.82. The number of hydrogen-bond acceptors (Lipinski definition) is 1. The maximum atomic E-state index is 12.7. The minimum atomic E-state index is -2.27. The van der Waals surface area contributed by atoms with Crippen molar-refractivity contribution < 1.29 is 8.78 Å². The van der Waals surface area contributed by atoms with Gasteiger partial charge in [-0.2, -0.15) is 0 Å². The molecule has 1 N–H and O–H groups in total. The van der Waals surface area contributed by atoms with E-state index in [-0.39, 0.29) is 0 Å². The number of rotatable bonds is 8. The summed E-state index contributed by atoms with van der Waals surface area (Å²) in [5, 5.41) is 2.91. The lowest BCUT2D eigenvalue weighted by molar-refractivity contribution is 0.0932. The van der Waals surface area contributed by atoms with Gasteiger partial charge in [-0.05, 0) is 37.8 Å². The molecule has 96 valence electrons. The molecule has 0 heterocycles. The van der Waals surface area contributed by atoms with Crippen LogP contribution in [0.1, 0.15) is 31.7 Å². The smallest absolute Gasteiger partial charge is 0.253 e. The highest BCUT2D eigenvalue weighted by Gasteiger charge is 2.18. The van der Waals surface area contributed by atoms with Gasteiger partial charge in [0.1, 0.15) is 0 Å². The first-order valence-electron chi connectivity index (χ1n) is 6.29. The molecule has 1 unspecified atom stereocenters. The molecule has 0 aliphatic carbocycles. The van der Waals surface area contributed by atoms with Gasteiger partial charge < -0.3 is 5.32 Å². The first-order valence-corrected chi connectivity index (χ1v) is 6.29. The number of aryl methyl sites for hydroxylation is 1. The zero-order valence-electron chi connectivity index (χ0n) is 10.3. The average molecular weight is 241 g/mol. The van der Waals surface area contributed by atoms with E-state index < -0.39 is 12.5 Å². The first kappa shape index (κ1) is 14.1. The molecule has 1 atom stereocenters. The Morgan fingerprint density at radius 2 is 1.88 bits per heavy atom. The molecule has 0 radical (unpaired) electrons. The van der Waals surface area contributed by atoms with E-state index in [1.54, 1.807) is 0 Å². The summed E-state index contributed by atoms with van der Waals surface area (Å²) in [4.78, 5) is 0. The van der Waals surface area contributed by atoms with Gasteiger partial charge in [0, 0.05) is 0 Å². The van der Waals surface area contributed by atoms with E-state index in [0.29, 0.717) is 13.0 Å². The second kappa shape index (κ2) is 8.18. The molecule has 0 aromatic heterocycles. The summed E-state index contributed by atoms with van der Waals surface area (Å²) in [5.74, 6) is 0. The van der Waals surface area contributed by atoms with Crippen LogP contribution >= 0.6 is 0 Å². The molecule has 1 aromatic rings. The summed E-state index contributed by atoms with van der Waals surface area (Å²) in [7, 11) is 0. The summed E-state index contributed by atoms with van der Waals surface area (Å²) in [6.07, 6.45) is 0.833. The molecule has 1 aromatic carbocycles. The molecule has 0 aliphatic heterocycles. The van der Waals surface area contributed by atoms with Gasteiger partial charge in [-0.25, -0.2) is 8.78 Å². The number of alkyl halides is 2. The van der Waals surface area contributed by atoms with Crippen LogP contribution in [-0.4, -0.2) is 19.0 Å². The van der Waals surface area contributed by atoms with Crippen molar-refractivity contribution in [3.05, 3.63) is 35.9 Å². The van der Waals surface area contributed by atoms with E-state index in [9.17, 15) is 8.78 Å². The SMILES string of the molecule is CCCNC(CCCc1ccccc1)C(F)F. The van der Waals surface area contributed by atoms with Crippen LogP contribution in [0.3, 0.4) is 0 Å². The monoisotopic (exact) mass is 241 g/mol. The van der Waals surface area contributed by atoms with Crippen LogP contribution in [-0.2, 0) is 6.42 Å². The molecule has 0 fully saturated rings. The predicted octanol–water partition coefficient (Wildman–Crippen LogP) is 3.64. The molecule has 0 saturated heterocycles. The summed E-state index contributed by atoms with van der Waals surface area (Å²) < 4.78 is 25.4. The molecule has 0 saturated carbocycles. The third-order valence-electron chi connectivity index (χ3n) is 2.78. The Balaban J connectivity index is 2.27. The Morgan fingerprint density at radius 3 is 2.47 bits per heavy atom. The molecule has 0 spiro atoms. The third kappa shape index (κ3) is 5.78. The Hall–Kier alpha value is -0.960. The largest absolute Gasteiger partial charge is 0.309 e. The lowest BCUT2D eigenvalue weighted by atomic mass is 10.0. The maximum absolute atomic E-state index is 12.7. The van der Waals surface area contributed by atoms with Gasteiger partial charge in [0.05, 0.1) is 6.04 Å². The van der Waals surface area contributed by atoms with Crippen molar-refractivity contribution >= 4 is 0 Å². The predicted molar refractivity (Wildman–Crippen MR) is 67.5 cm³/mol. The normalized spacial score (nSPS) is 12.9. The van der Waals surface area contributed by atoms with Crippen LogP contribution in [0, 0.1) is 0 Å². The van der Waals surface area contributed by atoms with E-state index in [2.05, 4.69) is 5.32 Å². The van der Waals surface area contributed by atoms with Crippen LogP contribution in [0.2, 0.25) is 0 Å². The Bertz CT molecular complexity index is 288. The fraction of sp³-hybridized carbons (Fsp3) is 0.571. The van der Waals surface area contributed by atoms with Gasteiger partial charge in [-0.1, -0.05) is 37.3 Å². The molecule has 1 nitrogen and oxygen atoms in total.